The molecule has 9 heteroatoms. The molecule has 0 radical (unpaired) electrons. The first kappa shape index (κ1) is 23.6. The number of rotatable bonds is 6. The highest BCUT2D eigenvalue weighted by molar-refractivity contribution is 7.11. The van der Waals surface area contributed by atoms with Crippen LogP contribution in [0, 0.1) is 5.82 Å². The Morgan fingerprint density at radius 1 is 0.912 bits per heavy atom. The van der Waals surface area contributed by atoms with Crippen LogP contribution in [0.5, 0.6) is 5.75 Å². The zero-order chi connectivity index (χ0) is 24.1. The fourth-order valence-electron chi connectivity index (χ4n) is 3.69. The van der Waals surface area contributed by atoms with E-state index in [1.807, 2.05) is 17.5 Å². The lowest BCUT2D eigenvalue weighted by molar-refractivity contribution is -0.126. The van der Waals surface area contributed by atoms with Gasteiger partial charge in [-0.3, -0.25) is 9.59 Å². The highest BCUT2D eigenvalue weighted by Crippen LogP contribution is 2.27. The summed E-state index contributed by atoms with van der Waals surface area (Å²) in [4.78, 5) is 30.3. The van der Waals surface area contributed by atoms with Gasteiger partial charge in [0.25, 0.3) is 11.8 Å². The zero-order valence-electron chi connectivity index (χ0n) is 18.0. The number of nitrogens with zero attached hydrogens (tertiary/aromatic N) is 2. The number of hydrogen-bond acceptors (Lipinski definition) is 4. The molecule has 0 N–H and O–H groups in total. The molecule has 0 unspecified atom stereocenters. The van der Waals surface area contributed by atoms with E-state index >= 15 is 0 Å². The third kappa shape index (κ3) is 5.48. The number of carbonyl (C=O) groups is 2. The van der Waals surface area contributed by atoms with Gasteiger partial charge in [0.2, 0.25) is 0 Å². The van der Waals surface area contributed by atoms with Crippen molar-refractivity contribution in [1.82, 2.24) is 9.80 Å². The highest BCUT2D eigenvalue weighted by Gasteiger charge is 2.28. The Balaban J connectivity index is 1.48. The smallest absolute Gasteiger partial charge is 0.387 e. The summed E-state index contributed by atoms with van der Waals surface area (Å²) in [5.41, 5.74) is 1.23. The van der Waals surface area contributed by atoms with Gasteiger partial charge in [0.15, 0.2) is 0 Å². The summed E-state index contributed by atoms with van der Waals surface area (Å²) in [7, 11) is 0. The second-order valence-corrected chi connectivity index (χ2v) is 8.49. The number of benzene rings is 2. The maximum absolute atomic E-state index is 13.4. The van der Waals surface area contributed by atoms with Gasteiger partial charge in [-0.25, -0.2) is 4.39 Å². The SMILES string of the molecule is O=C(C(=Cc1ccc(F)cc1)c1cccs1)N1CCN(C(=O)c2ccccc2OC(F)F)CC1. The Morgan fingerprint density at radius 2 is 1.59 bits per heavy atom. The molecule has 1 aliphatic rings. The van der Waals surface area contributed by atoms with Crippen LogP contribution in [0.4, 0.5) is 13.2 Å². The molecule has 2 aromatic carbocycles. The van der Waals surface area contributed by atoms with Gasteiger partial charge in [0, 0.05) is 31.1 Å². The largest absolute Gasteiger partial charge is 0.434 e. The lowest BCUT2D eigenvalue weighted by Gasteiger charge is -2.35. The number of carbonyl (C=O) groups excluding carboxylic acids is 2. The van der Waals surface area contributed by atoms with Crippen LogP contribution >= 0.6 is 11.3 Å². The third-order valence-electron chi connectivity index (χ3n) is 5.39. The lowest BCUT2D eigenvalue weighted by atomic mass is 10.1. The minimum atomic E-state index is -3.04. The highest BCUT2D eigenvalue weighted by atomic mass is 32.1. The van der Waals surface area contributed by atoms with Gasteiger partial charge in [-0.2, -0.15) is 8.78 Å². The molecule has 176 valence electrons. The Kier molecular flexibility index (Phi) is 7.32. The molecular formula is C25H21F3N2O3S. The van der Waals surface area contributed by atoms with Crippen LogP contribution in [0.1, 0.15) is 20.8 Å². The summed E-state index contributed by atoms with van der Waals surface area (Å²) < 4.78 is 43.2. The molecule has 1 saturated heterocycles. The van der Waals surface area contributed by atoms with Gasteiger partial charge in [-0.1, -0.05) is 30.3 Å². The van der Waals surface area contributed by atoms with Crippen molar-refractivity contribution in [3.05, 3.63) is 87.9 Å². The standard InChI is InChI=1S/C25H21F3N2O3S/c26-18-9-7-17(8-10-18)16-20(22-6-3-15-34-22)24(32)30-13-11-29(12-14-30)23(31)19-4-1-2-5-21(19)33-25(27)28/h1-10,15-16,25H,11-14H2. The molecular weight excluding hydrogens is 465 g/mol. The lowest BCUT2D eigenvalue weighted by Crippen LogP contribution is -2.50. The van der Waals surface area contributed by atoms with Gasteiger partial charge in [0.05, 0.1) is 11.1 Å². The van der Waals surface area contributed by atoms with E-state index in [2.05, 4.69) is 4.74 Å². The second-order valence-electron chi connectivity index (χ2n) is 7.55. The van der Waals surface area contributed by atoms with Gasteiger partial charge in [0.1, 0.15) is 11.6 Å². The number of thiophene rings is 1. The number of halogens is 3. The molecule has 4 rings (SSSR count). The quantitative estimate of drug-likeness (QED) is 0.460. The van der Waals surface area contributed by atoms with Crippen LogP contribution in [0.15, 0.2) is 66.0 Å². The first-order chi connectivity index (χ1) is 16.4. The predicted octanol–water partition coefficient (Wildman–Crippen LogP) is 5.01. The van der Waals surface area contributed by atoms with Crippen LogP contribution in [0.3, 0.4) is 0 Å². The Labute approximate surface area is 198 Å². The average molecular weight is 487 g/mol. The minimum Gasteiger partial charge on any atom is -0.434 e. The van der Waals surface area contributed by atoms with E-state index in [1.54, 1.807) is 29.2 Å². The van der Waals surface area contributed by atoms with Crippen LogP contribution in [-0.2, 0) is 4.79 Å². The molecule has 1 fully saturated rings. The molecule has 1 aromatic heterocycles. The van der Waals surface area contributed by atoms with E-state index in [9.17, 15) is 22.8 Å². The molecule has 0 bridgehead atoms. The maximum atomic E-state index is 13.4. The molecule has 0 spiro atoms. The topological polar surface area (TPSA) is 49.9 Å². The summed E-state index contributed by atoms with van der Waals surface area (Å²) in [6, 6.07) is 15.4. The fourth-order valence-corrected chi connectivity index (χ4v) is 4.43. The monoisotopic (exact) mass is 486 g/mol. The molecule has 5 nitrogen and oxygen atoms in total. The van der Waals surface area contributed by atoms with Crippen LogP contribution < -0.4 is 4.74 Å². The Bertz CT molecular complexity index is 1170. The number of amides is 2. The molecule has 0 atom stereocenters. The van der Waals surface area contributed by atoms with Gasteiger partial charge >= 0.3 is 6.61 Å². The summed E-state index contributed by atoms with van der Waals surface area (Å²) >= 11 is 1.43. The fraction of sp³-hybridized carbons (Fsp3) is 0.200. The van der Waals surface area contributed by atoms with Crippen molar-refractivity contribution in [3.63, 3.8) is 0 Å². The van der Waals surface area contributed by atoms with Crippen LogP contribution in [-0.4, -0.2) is 54.4 Å². The predicted molar refractivity (Wildman–Crippen MR) is 124 cm³/mol. The molecule has 1 aliphatic heterocycles. The number of para-hydroxylation sites is 1. The third-order valence-corrected chi connectivity index (χ3v) is 6.29. The van der Waals surface area contributed by atoms with Gasteiger partial charge in [-0.05, 0) is 47.4 Å². The van der Waals surface area contributed by atoms with Crippen molar-refractivity contribution >= 4 is 34.8 Å². The molecule has 3 aromatic rings. The van der Waals surface area contributed by atoms with Crippen molar-refractivity contribution in [2.24, 2.45) is 0 Å². The summed E-state index contributed by atoms with van der Waals surface area (Å²) in [5, 5.41) is 1.87. The number of piperazine rings is 1. The van der Waals surface area contributed by atoms with Crippen LogP contribution in [0.25, 0.3) is 11.6 Å². The first-order valence-corrected chi connectivity index (χ1v) is 11.4. The van der Waals surface area contributed by atoms with Crippen molar-refractivity contribution < 1.29 is 27.5 Å². The van der Waals surface area contributed by atoms with Crippen molar-refractivity contribution in [2.75, 3.05) is 26.2 Å². The van der Waals surface area contributed by atoms with E-state index in [1.165, 1.54) is 46.6 Å². The Hall–Kier alpha value is -3.59. The van der Waals surface area contributed by atoms with Crippen molar-refractivity contribution in [2.45, 2.75) is 6.61 Å². The zero-order valence-corrected chi connectivity index (χ0v) is 18.8. The summed E-state index contributed by atoms with van der Waals surface area (Å²) in [6.07, 6.45) is 1.73. The van der Waals surface area contributed by atoms with Crippen molar-refractivity contribution in [3.8, 4) is 5.75 Å². The molecule has 0 aliphatic carbocycles. The van der Waals surface area contributed by atoms with E-state index in [-0.39, 0.29) is 49.2 Å². The Morgan fingerprint density at radius 3 is 2.24 bits per heavy atom. The number of alkyl halides is 2. The molecule has 34 heavy (non-hydrogen) atoms. The molecule has 0 saturated carbocycles. The number of ether oxygens (including phenoxy) is 1. The number of hydrogen-bond donors (Lipinski definition) is 0. The first-order valence-electron chi connectivity index (χ1n) is 10.6. The van der Waals surface area contributed by atoms with E-state index in [0.717, 1.165) is 4.88 Å². The maximum Gasteiger partial charge on any atom is 0.387 e. The van der Waals surface area contributed by atoms with Gasteiger partial charge in [-0.15, -0.1) is 11.3 Å². The van der Waals surface area contributed by atoms with Crippen molar-refractivity contribution in [1.29, 1.82) is 0 Å². The van der Waals surface area contributed by atoms with E-state index < -0.39 is 12.5 Å². The second kappa shape index (κ2) is 10.6. The van der Waals surface area contributed by atoms with Crippen LogP contribution in [0.2, 0.25) is 0 Å². The summed E-state index contributed by atoms with van der Waals surface area (Å²) in [5.74, 6) is -1.16. The molecule has 2 amide bonds. The molecule has 2 heterocycles. The van der Waals surface area contributed by atoms with Gasteiger partial charge < -0.3 is 14.5 Å². The van der Waals surface area contributed by atoms with E-state index in [0.29, 0.717) is 11.1 Å². The average Bonchev–Trinajstić information content (AvgIpc) is 3.38. The normalized spacial score (nSPS) is 14.4. The summed E-state index contributed by atoms with van der Waals surface area (Å²) in [6.45, 7) is -1.96. The van der Waals surface area contributed by atoms with E-state index in [4.69, 9.17) is 0 Å². The minimum absolute atomic E-state index is 0.0538.